The van der Waals surface area contributed by atoms with E-state index in [4.69, 9.17) is 10.2 Å². The summed E-state index contributed by atoms with van der Waals surface area (Å²) >= 11 is 0. The summed E-state index contributed by atoms with van der Waals surface area (Å²) in [6.45, 7) is 4.13. The average molecular weight is 259 g/mol. The van der Waals surface area contributed by atoms with Crippen LogP contribution in [0.5, 0.6) is 0 Å². The second kappa shape index (κ2) is 7.01. The van der Waals surface area contributed by atoms with Gasteiger partial charge in [-0.15, -0.1) is 0 Å². The van der Waals surface area contributed by atoms with E-state index in [1.165, 1.54) is 6.92 Å². The summed E-state index contributed by atoms with van der Waals surface area (Å²) in [6.07, 6.45) is 0. The number of aromatic nitrogens is 3. The van der Waals surface area contributed by atoms with Crippen molar-refractivity contribution in [2.45, 2.75) is 13.5 Å². The van der Waals surface area contributed by atoms with Gasteiger partial charge in [0, 0.05) is 5.57 Å². The molecule has 0 aliphatic rings. The maximum atomic E-state index is 10.8. The van der Waals surface area contributed by atoms with E-state index < -0.39 is 23.0 Å². The molecule has 9 nitrogen and oxygen atoms in total. The molecule has 0 aromatic carbocycles. The molecule has 4 N–H and O–H groups in total. The van der Waals surface area contributed by atoms with E-state index in [1.807, 2.05) is 9.97 Å². The van der Waals surface area contributed by atoms with Crippen LogP contribution in [0.4, 0.5) is 0 Å². The molecule has 0 fully saturated rings. The van der Waals surface area contributed by atoms with Crippen molar-refractivity contribution < 1.29 is 15.0 Å². The molecule has 0 spiro atoms. The number of aliphatic carboxylic acids is 1. The third-order valence-electron chi connectivity index (χ3n) is 1.62. The number of hydrogen-bond donors (Lipinski definition) is 4. The van der Waals surface area contributed by atoms with Crippen LogP contribution in [0.1, 0.15) is 6.92 Å². The minimum absolute atomic E-state index is 0.134. The van der Waals surface area contributed by atoms with Crippen molar-refractivity contribution in [1.82, 2.24) is 14.5 Å². The van der Waals surface area contributed by atoms with E-state index in [2.05, 4.69) is 6.58 Å². The van der Waals surface area contributed by atoms with Crippen LogP contribution in [0.25, 0.3) is 0 Å². The highest BCUT2D eigenvalue weighted by Crippen LogP contribution is 1.81. The third-order valence-corrected chi connectivity index (χ3v) is 1.62. The van der Waals surface area contributed by atoms with Crippen molar-refractivity contribution in [3.63, 3.8) is 0 Å². The highest BCUT2D eigenvalue weighted by molar-refractivity contribution is 5.84. The Hall–Kier alpha value is -2.42. The van der Waals surface area contributed by atoms with Gasteiger partial charge < -0.3 is 10.2 Å². The molecule has 0 aliphatic heterocycles. The minimum atomic E-state index is -0.935. The first-order valence-electron chi connectivity index (χ1n) is 4.72. The quantitative estimate of drug-likeness (QED) is 0.456. The molecule has 0 atom stereocenters. The number of hydrogen-bond acceptors (Lipinski definition) is 5. The predicted octanol–water partition coefficient (Wildman–Crippen LogP) is -2.14. The first-order chi connectivity index (χ1) is 8.29. The van der Waals surface area contributed by atoms with Gasteiger partial charge in [0.1, 0.15) is 0 Å². The summed E-state index contributed by atoms with van der Waals surface area (Å²) in [5.41, 5.74) is -2.32. The molecule has 1 aromatic heterocycles. The van der Waals surface area contributed by atoms with Crippen molar-refractivity contribution in [3.05, 3.63) is 43.6 Å². The maximum Gasteiger partial charge on any atom is 0.333 e. The molecule has 0 saturated carbocycles. The first-order valence-corrected chi connectivity index (χ1v) is 4.72. The van der Waals surface area contributed by atoms with Crippen molar-refractivity contribution >= 4 is 5.97 Å². The zero-order valence-electron chi connectivity index (χ0n) is 9.60. The molecule has 9 heteroatoms. The van der Waals surface area contributed by atoms with Crippen molar-refractivity contribution in [1.29, 1.82) is 0 Å². The van der Waals surface area contributed by atoms with E-state index in [-0.39, 0.29) is 18.7 Å². The lowest BCUT2D eigenvalue weighted by atomic mass is 10.4. The Bertz CT molecular complexity index is 547. The van der Waals surface area contributed by atoms with Crippen LogP contribution in [-0.2, 0) is 11.3 Å². The molecular weight excluding hydrogens is 246 g/mol. The highest BCUT2D eigenvalue weighted by Gasteiger charge is 1.99. The summed E-state index contributed by atoms with van der Waals surface area (Å²) in [4.78, 5) is 45.4. The number of carboxylic acids is 1. The number of carboxylic acid groups (broad SMARTS) is 1. The van der Waals surface area contributed by atoms with Gasteiger partial charge in [0.05, 0.1) is 13.2 Å². The molecule has 0 bridgehead atoms. The van der Waals surface area contributed by atoms with Crippen LogP contribution in [0.3, 0.4) is 0 Å². The number of aliphatic hydroxyl groups excluding tert-OH is 1. The Balaban J connectivity index is 0.000000411. The molecule has 1 heterocycles. The minimum Gasteiger partial charge on any atom is -0.478 e. The summed E-state index contributed by atoms with van der Waals surface area (Å²) in [5.74, 6) is -0.935. The van der Waals surface area contributed by atoms with Crippen molar-refractivity contribution in [2.75, 3.05) is 6.61 Å². The summed E-state index contributed by atoms with van der Waals surface area (Å²) in [6, 6.07) is 0. The van der Waals surface area contributed by atoms with Crippen LogP contribution >= 0.6 is 0 Å². The van der Waals surface area contributed by atoms with E-state index in [0.29, 0.717) is 4.57 Å². The Labute approximate surface area is 100 Å². The maximum absolute atomic E-state index is 10.8. The monoisotopic (exact) mass is 259 g/mol. The van der Waals surface area contributed by atoms with Crippen LogP contribution in [-0.4, -0.2) is 37.3 Å². The summed E-state index contributed by atoms with van der Waals surface area (Å²) < 4.78 is 0.696. The number of aliphatic hydroxyl groups is 1. The lowest BCUT2D eigenvalue weighted by molar-refractivity contribution is -0.132. The molecule has 0 unspecified atom stereocenters. The molecular formula is C9H13N3O6. The second-order valence-corrected chi connectivity index (χ2v) is 3.15. The van der Waals surface area contributed by atoms with Crippen LogP contribution in [0.2, 0.25) is 0 Å². The molecule has 18 heavy (non-hydrogen) atoms. The van der Waals surface area contributed by atoms with Crippen LogP contribution < -0.4 is 17.1 Å². The zero-order valence-corrected chi connectivity index (χ0v) is 9.60. The summed E-state index contributed by atoms with van der Waals surface area (Å²) in [5, 5.41) is 16.3. The normalized spacial score (nSPS) is 9.22. The second-order valence-electron chi connectivity index (χ2n) is 3.15. The van der Waals surface area contributed by atoms with Crippen LogP contribution in [0.15, 0.2) is 26.5 Å². The van der Waals surface area contributed by atoms with E-state index in [9.17, 15) is 19.2 Å². The van der Waals surface area contributed by atoms with E-state index in [0.717, 1.165) is 0 Å². The topological polar surface area (TPSA) is 145 Å². The number of carbonyl (C=O) groups is 1. The Morgan fingerprint density at radius 3 is 1.94 bits per heavy atom. The fraction of sp³-hybridized carbons (Fsp3) is 0.333. The molecule has 100 valence electrons. The molecule has 1 rings (SSSR count). The Morgan fingerprint density at radius 1 is 1.28 bits per heavy atom. The van der Waals surface area contributed by atoms with Gasteiger partial charge in [0.15, 0.2) is 0 Å². The zero-order chi connectivity index (χ0) is 14.3. The Morgan fingerprint density at radius 2 is 1.67 bits per heavy atom. The van der Waals surface area contributed by atoms with Gasteiger partial charge in [0.25, 0.3) is 0 Å². The van der Waals surface area contributed by atoms with Gasteiger partial charge in [-0.1, -0.05) is 6.58 Å². The largest absolute Gasteiger partial charge is 0.478 e. The number of H-pyrrole nitrogens is 2. The predicted molar refractivity (Wildman–Crippen MR) is 61.5 cm³/mol. The molecule has 0 amide bonds. The standard InChI is InChI=1S/C5H7N3O4.C4H6O2/c9-2-1-8-4(11)6-3(10)7-5(8)12;1-3(2)4(5)6/h9H,1-2H2,(H2,6,7,10,11,12);1H2,2H3,(H,5,6). The lowest BCUT2D eigenvalue weighted by Gasteiger charge is -1.97. The van der Waals surface area contributed by atoms with E-state index >= 15 is 0 Å². The fourth-order valence-electron chi connectivity index (χ4n) is 0.756. The molecule has 0 saturated heterocycles. The third kappa shape index (κ3) is 5.07. The van der Waals surface area contributed by atoms with Gasteiger partial charge >= 0.3 is 23.0 Å². The molecule has 0 radical (unpaired) electrons. The van der Waals surface area contributed by atoms with E-state index in [1.54, 1.807) is 0 Å². The number of aromatic amines is 2. The van der Waals surface area contributed by atoms with Gasteiger partial charge in [-0.3, -0.25) is 9.97 Å². The van der Waals surface area contributed by atoms with Crippen molar-refractivity contribution in [2.24, 2.45) is 0 Å². The van der Waals surface area contributed by atoms with Gasteiger partial charge in [-0.2, -0.15) is 0 Å². The number of rotatable bonds is 3. The Kier molecular flexibility index (Phi) is 6.07. The lowest BCUT2D eigenvalue weighted by Crippen LogP contribution is -2.43. The fourth-order valence-corrected chi connectivity index (χ4v) is 0.756. The van der Waals surface area contributed by atoms with Crippen LogP contribution in [0, 0.1) is 0 Å². The van der Waals surface area contributed by atoms with Crippen molar-refractivity contribution in [3.8, 4) is 0 Å². The SMILES string of the molecule is C=C(C)C(=O)O.O=c1[nH]c(=O)n(CCO)c(=O)[nH]1. The molecule has 1 aromatic rings. The first kappa shape index (κ1) is 15.6. The number of nitrogens with zero attached hydrogens (tertiary/aromatic N) is 1. The van der Waals surface area contributed by atoms with Gasteiger partial charge in [-0.25, -0.2) is 23.7 Å². The highest BCUT2D eigenvalue weighted by atomic mass is 16.4. The average Bonchev–Trinajstić information content (AvgIpc) is 2.24. The molecule has 0 aliphatic carbocycles. The smallest absolute Gasteiger partial charge is 0.333 e. The number of nitrogens with one attached hydrogen (secondary N) is 2. The van der Waals surface area contributed by atoms with Gasteiger partial charge in [0.2, 0.25) is 0 Å². The summed E-state index contributed by atoms with van der Waals surface area (Å²) in [7, 11) is 0. The van der Waals surface area contributed by atoms with Gasteiger partial charge in [-0.05, 0) is 6.92 Å².